The van der Waals surface area contributed by atoms with Crippen molar-refractivity contribution in [2.24, 2.45) is 0 Å². The van der Waals surface area contributed by atoms with Crippen LogP contribution in [0.4, 0.5) is 5.69 Å². The molecule has 32 heavy (non-hydrogen) atoms. The van der Waals surface area contributed by atoms with Crippen molar-refractivity contribution in [3.8, 4) is 0 Å². The molecule has 6 nitrogen and oxygen atoms in total. The number of thiol groups is 1. The molecular formula is C24H31N3O3S2. The van der Waals surface area contributed by atoms with Crippen LogP contribution in [-0.2, 0) is 11.2 Å². The summed E-state index contributed by atoms with van der Waals surface area (Å²) in [5.41, 5.74) is 3.37. The van der Waals surface area contributed by atoms with Gasteiger partial charge in [-0.05, 0) is 67.1 Å². The van der Waals surface area contributed by atoms with Crippen LogP contribution in [0.1, 0.15) is 34.3 Å². The zero-order chi connectivity index (χ0) is 22.9. The lowest BCUT2D eigenvalue weighted by Crippen LogP contribution is -2.41. The molecule has 1 saturated heterocycles. The molecule has 1 heterocycles. The van der Waals surface area contributed by atoms with Crippen LogP contribution in [0.2, 0.25) is 0 Å². The van der Waals surface area contributed by atoms with E-state index >= 15 is 0 Å². The molecule has 2 aromatic carbocycles. The van der Waals surface area contributed by atoms with Gasteiger partial charge in [-0.2, -0.15) is 24.4 Å². The second-order valence-electron chi connectivity index (χ2n) is 7.98. The molecule has 1 amide bonds. The van der Waals surface area contributed by atoms with Crippen LogP contribution >= 0.6 is 24.4 Å². The van der Waals surface area contributed by atoms with Gasteiger partial charge in [0.15, 0.2) is 0 Å². The van der Waals surface area contributed by atoms with E-state index in [2.05, 4.69) is 28.6 Å². The maximum Gasteiger partial charge on any atom is 0.326 e. The number of nitrogens with one attached hydrogen (secondary N) is 3. The van der Waals surface area contributed by atoms with Gasteiger partial charge in [-0.1, -0.05) is 30.3 Å². The van der Waals surface area contributed by atoms with Crippen molar-refractivity contribution in [2.75, 3.05) is 30.4 Å². The first kappa shape index (κ1) is 24.5. The van der Waals surface area contributed by atoms with Crippen molar-refractivity contribution in [3.63, 3.8) is 0 Å². The fourth-order valence-electron chi connectivity index (χ4n) is 3.81. The Bertz CT molecular complexity index is 911. The van der Waals surface area contributed by atoms with Crippen molar-refractivity contribution in [2.45, 2.75) is 36.6 Å². The van der Waals surface area contributed by atoms with E-state index in [-0.39, 0.29) is 5.91 Å². The molecule has 0 spiro atoms. The summed E-state index contributed by atoms with van der Waals surface area (Å²) in [6, 6.07) is 15.0. The van der Waals surface area contributed by atoms with Crippen molar-refractivity contribution >= 4 is 42.0 Å². The third-order valence-electron chi connectivity index (χ3n) is 5.64. The Labute approximate surface area is 199 Å². The van der Waals surface area contributed by atoms with E-state index in [0.717, 1.165) is 36.3 Å². The van der Waals surface area contributed by atoms with Gasteiger partial charge in [-0.3, -0.25) is 4.79 Å². The third-order valence-corrected chi connectivity index (χ3v) is 6.90. The number of rotatable bonds is 11. The van der Waals surface area contributed by atoms with Crippen LogP contribution in [0.15, 0.2) is 48.5 Å². The van der Waals surface area contributed by atoms with Crippen LogP contribution in [0.3, 0.4) is 0 Å². The number of thioether (sulfide) groups is 1. The maximum absolute atomic E-state index is 13.0. The molecule has 0 bridgehead atoms. The molecule has 1 fully saturated rings. The predicted molar refractivity (Wildman–Crippen MR) is 135 cm³/mol. The third kappa shape index (κ3) is 6.92. The van der Waals surface area contributed by atoms with Crippen LogP contribution < -0.4 is 16.0 Å². The van der Waals surface area contributed by atoms with Gasteiger partial charge in [0.05, 0.1) is 0 Å². The molecule has 172 valence electrons. The molecule has 2 aromatic rings. The zero-order valence-electron chi connectivity index (χ0n) is 18.2. The van der Waals surface area contributed by atoms with Crippen molar-refractivity contribution in [1.82, 2.24) is 10.6 Å². The van der Waals surface area contributed by atoms with Crippen LogP contribution in [-0.4, -0.2) is 59.4 Å². The molecule has 1 aliphatic rings. The van der Waals surface area contributed by atoms with Crippen molar-refractivity contribution < 1.29 is 14.7 Å². The van der Waals surface area contributed by atoms with E-state index in [4.69, 9.17) is 0 Å². The Morgan fingerprint density at radius 2 is 2.03 bits per heavy atom. The molecular weight excluding hydrogens is 442 g/mol. The summed E-state index contributed by atoms with van der Waals surface area (Å²) in [6.45, 7) is 1.72. The number of aliphatic carboxylic acids is 1. The molecule has 8 heteroatoms. The number of carbonyl (C=O) groups excluding carboxylic acids is 1. The van der Waals surface area contributed by atoms with Crippen LogP contribution in [0.25, 0.3) is 0 Å². The molecule has 1 aliphatic heterocycles. The number of hydrogen-bond donors (Lipinski definition) is 5. The first-order chi connectivity index (χ1) is 15.5. The second-order valence-corrected chi connectivity index (χ2v) is 9.63. The Hall–Kier alpha value is -2.16. The molecule has 0 saturated carbocycles. The number of carbonyl (C=O) groups is 2. The van der Waals surface area contributed by atoms with E-state index in [1.165, 1.54) is 0 Å². The van der Waals surface area contributed by atoms with Gasteiger partial charge in [-0.25, -0.2) is 4.79 Å². The Morgan fingerprint density at radius 3 is 2.69 bits per heavy atom. The van der Waals surface area contributed by atoms with Gasteiger partial charge >= 0.3 is 5.97 Å². The second kappa shape index (κ2) is 12.2. The summed E-state index contributed by atoms with van der Waals surface area (Å²) in [5.74, 6) is -0.706. The fraction of sp³-hybridized carbons (Fsp3) is 0.417. The Morgan fingerprint density at radius 1 is 1.25 bits per heavy atom. The molecule has 3 atom stereocenters. The highest BCUT2D eigenvalue weighted by Gasteiger charge is 2.24. The topological polar surface area (TPSA) is 90.5 Å². The quantitative estimate of drug-likeness (QED) is 0.322. The largest absolute Gasteiger partial charge is 0.480 e. The minimum atomic E-state index is -1.01. The first-order valence-electron chi connectivity index (χ1n) is 10.8. The number of carboxylic acid groups (broad SMARTS) is 1. The van der Waals surface area contributed by atoms with E-state index in [1.807, 2.05) is 48.7 Å². The molecule has 0 radical (unpaired) electrons. The SMILES string of the molecule is CSCC[C@H](NC(=O)c1ccc(NCC2NCCC2S)cc1Cc1ccccc1)C(=O)O. The summed E-state index contributed by atoms with van der Waals surface area (Å²) in [7, 11) is 0. The monoisotopic (exact) mass is 473 g/mol. The van der Waals surface area contributed by atoms with Gasteiger partial charge in [0.25, 0.3) is 5.91 Å². The first-order valence-corrected chi connectivity index (χ1v) is 12.7. The molecule has 0 aromatic heterocycles. The van der Waals surface area contributed by atoms with Gasteiger partial charge in [0.2, 0.25) is 0 Å². The summed E-state index contributed by atoms with van der Waals surface area (Å²) < 4.78 is 0. The number of benzene rings is 2. The normalized spacial score (nSPS) is 18.8. The number of carboxylic acids is 1. The van der Waals surface area contributed by atoms with Gasteiger partial charge in [-0.15, -0.1) is 0 Å². The van der Waals surface area contributed by atoms with E-state index in [9.17, 15) is 14.7 Å². The maximum atomic E-state index is 13.0. The lowest BCUT2D eigenvalue weighted by molar-refractivity contribution is -0.139. The molecule has 3 rings (SSSR count). The van der Waals surface area contributed by atoms with Gasteiger partial charge in [0.1, 0.15) is 6.04 Å². The number of anilines is 1. The lowest BCUT2D eigenvalue weighted by Gasteiger charge is -2.19. The van der Waals surface area contributed by atoms with Crippen molar-refractivity contribution in [1.29, 1.82) is 0 Å². The van der Waals surface area contributed by atoms with Gasteiger partial charge < -0.3 is 21.1 Å². The van der Waals surface area contributed by atoms with Crippen LogP contribution in [0.5, 0.6) is 0 Å². The fourth-order valence-corrected chi connectivity index (χ4v) is 4.62. The summed E-state index contributed by atoms with van der Waals surface area (Å²) in [5, 5.41) is 19.4. The predicted octanol–water partition coefficient (Wildman–Crippen LogP) is 3.29. The van der Waals surface area contributed by atoms with Crippen molar-refractivity contribution in [3.05, 3.63) is 65.2 Å². The van der Waals surface area contributed by atoms with E-state index in [0.29, 0.717) is 35.4 Å². The summed E-state index contributed by atoms with van der Waals surface area (Å²) in [4.78, 5) is 24.6. The van der Waals surface area contributed by atoms with E-state index < -0.39 is 12.0 Å². The average Bonchev–Trinajstić information content (AvgIpc) is 3.20. The minimum Gasteiger partial charge on any atom is -0.480 e. The summed E-state index contributed by atoms with van der Waals surface area (Å²) >= 11 is 6.19. The Balaban J connectivity index is 1.79. The van der Waals surface area contributed by atoms with E-state index in [1.54, 1.807) is 17.8 Å². The highest BCUT2D eigenvalue weighted by molar-refractivity contribution is 7.98. The number of hydrogen-bond acceptors (Lipinski definition) is 6. The minimum absolute atomic E-state index is 0.298. The molecule has 0 aliphatic carbocycles. The average molecular weight is 474 g/mol. The zero-order valence-corrected chi connectivity index (χ0v) is 19.9. The van der Waals surface area contributed by atoms with Crippen LogP contribution in [0, 0.1) is 0 Å². The van der Waals surface area contributed by atoms with Gasteiger partial charge in [0, 0.05) is 29.1 Å². The standard InChI is InChI=1S/C24H31N3O3S2/c1-32-12-10-20(24(29)30)27-23(28)19-8-7-18(26-15-21-22(31)9-11-25-21)14-17(19)13-16-5-3-2-4-6-16/h2-8,14,20-22,25-26,31H,9-13,15H2,1H3,(H,27,28)(H,29,30)/t20-,21?,22?/m0/s1. The summed E-state index contributed by atoms with van der Waals surface area (Å²) in [6.07, 6.45) is 3.93. The molecule has 2 unspecified atom stereocenters. The molecule has 4 N–H and O–H groups in total. The lowest BCUT2D eigenvalue weighted by atomic mass is 9.98. The highest BCUT2D eigenvalue weighted by atomic mass is 32.2. The Kier molecular flexibility index (Phi) is 9.32. The number of amides is 1. The smallest absolute Gasteiger partial charge is 0.326 e. The highest BCUT2D eigenvalue weighted by Crippen LogP contribution is 2.21.